The van der Waals surface area contributed by atoms with E-state index in [-0.39, 0.29) is 12.7 Å². The molecule has 20 heavy (non-hydrogen) atoms. The molecular weight excluding hydrogens is 254 g/mol. The van der Waals surface area contributed by atoms with Crippen LogP contribution in [-0.2, 0) is 11.3 Å². The Hall–Kier alpha value is -1.54. The number of methoxy groups -OCH3 is 1. The summed E-state index contributed by atoms with van der Waals surface area (Å²) in [6.07, 6.45) is 0.288. The second kappa shape index (κ2) is 7.30. The third kappa shape index (κ3) is 3.97. The summed E-state index contributed by atoms with van der Waals surface area (Å²) in [5.74, 6) is 6.34. The summed E-state index contributed by atoms with van der Waals surface area (Å²) in [5, 5.41) is 8.81. The molecular formula is C16H21NO3. The van der Waals surface area contributed by atoms with Gasteiger partial charge in [-0.3, -0.25) is 4.90 Å². The van der Waals surface area contributed by atoms with Gasteiger partial charge in [0.25, 0.3) is 0 Å². The Kier molecular flexibility index (Phi) is 5.42. The zero-order valence-electron chi connectivity index (χ0n) is 12.1. The van der Waals surface area contributed by atoms with E-state index in [1.165, 1.54) is 5.56 Å². The molecule has 108 valence electrons. The zero-order chi connectivity index (χ0) is 14.4. The molecule has 4 heteroatoms. The predicted octanol–water partition coefficient (Wildman–Crippen LogP) is 1.26. The maximum Gasteiger partial charge on any atom is 0.134 e. The maximum absolute atomic E-state index is 8.81. The lowest BCUT2D eigenvalue weighted by Crippen LogP contribution is -2.40. The number of ether oxygens (including phenoxy) is 2. The summed E-state index contributed by atoms with van der Waals surface area (Å²) in [5.41, 5.74) is 2.02. The molecule has 0 aliphatic carbocycles. The van der Waals surface area contributed by atoms with Crippen molar-refractivity contribution < 1.29 is 14.6 Å². The van der Waals surface area contributed by atoms with Crippen molar-refractivity contribution in [2.75, 3.05) is 33.4 Å². The van der Waals surface area contributed by atoms with E-state index in [1.54, 1.807) is 7.11 Å². The molecule has 2 rings (SSSR count). The van der Waals surface area contributed by atoms with Gasteiger partial charge in [-0.05, 0) is 24.6 Å². The van der Waals surface area contributed by atoms with Crippen LogP contribution in [0.4, 0.5) is 0 Å². The number of rotatable bonds is 3. The fourth-order valence-corrected chi connectivity index (χ4v) is 2.38. The van der Waals surface area contributed by atoms with Gasteiger partial charge in [-0.1, -0.05) is 17.9 Å². The third-order valence-electron chi connectivity index (χ3n) is 3.30. The molecule has 0 saturated carbocycles. The first kappa shape index (κ1) is 14.9. The second-order valence-electron chi connectivity index (χ2n) is 4.91. The van der Waals surface area contributed by atoms with Gasteiger partial charge in [-0.2, -0.15) is 0 Å². The van der Waals surface area contributed by atoms with Crippen LogP contribution in [0, 0.1) is 11.8 Å². The van der Waals surface area contributed by atoms with Crippen molar-refractivity contribution in [3.8, 4) is 17.6 Å². The summed E-state index contributed by atoms with van der Waals surface area (Å²) in [4.78, 5) is 2.37. The van der Waals surface area contributed by atoms with Gasteiger partial charge in [0, 0.05) is 19.6 Å². The molecule has 0 radical (unpaired) electrons. The van der Waals surface area contributed by atoms with Crippen LogP contribution in [0.2, 0.25) is 0 Å². The molecule has 1 aliphatic heterocycles. The van der Waals surface area contributed by atoms with Crippen LogP contribution in [-0.4, -0.2) is 49.5 Å². The Balaban J connectivity index is 2.11. The van der Waals surface area contributed by atoms with E-state index in [1.807, 2.05) is 12.1 Å². The number of nitrogens with zero attached hydrogens (tertiary/aromatic N) is 1. The normalized spacial score (nSPS) is 19.2. The van der Waals surface area contributed by atoms with Gasteiger partial charge >= 0.3 is 0 Å². The van der Waals surface area contributed by atoms with Gasteiger partial charge in [-0.15, -0.1) is 0 Å². The molecule has 1 heterocycles. The van der Waals surface area contributed by atoms with Gasteiger partial charge in [0.1, 0.15) is 12.4 Å². The van der Waals surface area contributed by atoms with Crippen molar-refractivity contribution in [3.05, 3.63) is 29.3 Å². The van der Waals surface area contributed by atoms with Crippen molar-refractivity contribution >= 4 is 0 Å². The summed E-state index contributed by atoms with van der Waals surface area (Å²) in [6, 6.07) is 6.02. The van der Waals surface area contributed by atoms with Crippen LogP contribution < -0.4 is 4.74 Å². The molecule has 1 atom stereocenters. The maximum atomic E-state index is 8.81. The molecule has 0 spiro atoms. The highest BCUT2D eigenvalue weighted by atomic mass is 16.5. The first-order valence-electron chi connectivity index (χ1n) is 6.83. The van der Waals surface area contributed by atoms with E-state index >= 15 is 0 Å². The molecule has 0 amide bonds. The average Bonchev–Trinajstić information content (AvgIpc) is 2.45. The SMILES string of the molecule is COc1ccc(CN2CCOC(C)C2)cc1C#CCO. The van der Waals surface area contributed by atoms with Gasteiger partial charge in [-0.25, -0.2) is 0 Å². The molecule has 1 N–H and O–H groups in total. The van der Waals surface area contributed by atoms with E-state index in [0.29, 0.717) is 0 Å². The minimum Gasteiger partial charge on any atom is -0.495 e. The second-order valence-corrected chi connectivity index (χ2v) is 4.91. The van der Waals surface area contributed by atoms with E-state index in [0.717, 1.165) is 37.6 Å². The third-order valence-corrected chi connectivity index (χ3v) is 3.30. The van der Waals surface area contributed by atoms with Crippen LogP contribution in [0.3, 0.4) is 0 Å². The minimum absolute atomic E-state index is 0.144. The Morgan fingerprint density at radius 2 is 2.35 bits per heavy atom. The average molecular weight is 275 g/mol. The van der Waals surface area contributed by atoms with Crippen molar-refractivity contribution in [2.24, 2.45) is 0 Å². The summed E-state index contributed by atoms with van der Waals surface area (Å²) < 4.78 is 10.8. The van der Waals surface area contributed by atoms with E-state index in [2.05, 4.69) is 29.7 Å². The summed E-state index contributed by atoms with van der Waals surface area (Å²) in [7, 11) is 1.63. The van der Waals surface area contributed by atoms with Gasteiger partial charge in [0.05, 0.1) is 25.4 Å². The Labute approximate surface area is 120 Å². The number of aliphatic hydroxyl groups is 1. The topological polar surface area (TPSA) is 41.9 Å². The quantitative estimate of drug-likeness (QED) is 0.843. The van der Waals surface area contributed by atoms with Gasteiger partial charge in [0.2, 0.25) is 0 Å². The fourth-order valence-electron chi connectivity index (χ4n) is 2.38. The van der Waals surface area contributed by atoms with Crippen molar-refractivity contribution in [2.45, 2.75) is 19.6 Å². The zero-order valence-corrected chi connectivity index (χ0v) is 12.1. The largest absolute Gasteiger partial charge is 0.495 e. The summed E-state index contributed by atoms with van der Waals surface area (Å²) >= 11 is 0. The first-order chi connectivity index (χ1) is 9.72. The lowest BCUT2D eigenvalue weighted by molar-refractivity contribution is -0.0212. The predicted molar refractivity (Wildman–Crippen MR) is 77.6 cm³/mol. The number of morpholine rings is 1. The number of hydrogen-bond donors (Lipinski definition) is 1. The molecule has 1 fully saturated rings. The highest BCUT2D eigenvalue weighted by Gasteiger charge is 2.16. The van der Waals surface area contributed by atoms with Crippen molar-refractivity contribution in [3.63, 3.8) is 0 Å². The highest BCUT2D eigenvalue weighted by Crippen LogP contribution is 2.20. The van der Waals surface area contributed by atoms with Crippen molar-refractivity contribution in [1.82, 2.24) is 4.90 Å². The first-order valence-corrected chi connectivity index (χ1v) is 6.83. The lowest BCUT2D eigenvalue weighted by Gasteiger charge is -2.31. The Morgan fingerprint density at radius 1 is 1.50 bits per heavy atom. The van der Waals surface area contributed by atoms with Gasteiger partial charge < -0.3 is 14.6 Å². The highest BCUT2D eigenvalue weighted by molar-refractivity contribution is 5.48. The molecule has 4 nitrogen and oxygen atoms in total. The number of aliphatic hydroxyl groups excluding tert-OH is 1. The standard InChI is InChI=1S/C16H21NO3/c1-13-11-17(7-9-20-13)12-14-5-6-16(19-2)15(10-14)4-3-8-18/h5-6,10,13,18H,7-9,11-12H2,1-2H3. The Bertz CT molecular complexity index is 504. The molecule has 0 aromatic heterocycles. The van der Waals surface area contributed by atoms with Crippen LogP contribution in [0.1, 0.15) is 18.1 Å². The monoisotopic (exact) mass is 275 g/mol. The van der Waals surface area contributed by atoms with E-state index < -0.39 is 0 Å². The minimum atomic E-state index is -0.144. The van der Waals surface area contributed by atoms with E-state index in [9.17, 15) is 0 Å². The molecule has 1 unspecified atom stereocenters. The molecule has 1 aromatic rings. The lowest BCUT2D eigenvalue weighted by atomic mass is 10.1. The van der Waals surface area contributed by atoms with Gasteiger partial charge in [0.15, 0.2) is 0 Å². The molecule has 1 aromatic carbocycles. The van der Waals surface area contributed by atoms with Crippen molar-refractivity contribution in [1.29, 1.82) is 0 Å². The number of hydrogen-bond acceptors (Lipinski definition) is 4. The van der Waals surface area contributed by atoms with Crippen LogP contribution >= 0.6 is 0 Å². The van der Waals surface area contributed by atoms with Crippen LogP contribution in [0.15, 0.2) is 18.2 Å². The van der Waals surface area contributed by atoms with Crippen LogP contribution in [0.25, 0.3) is 0 Å². The van der Waals surface area contributed by atoms with E-state index in [4.69, 9.17) is 14.6 Å². The number of benzene rings is 1. The smallest absolute Gasteiger partial charge is 0.134 e. The Morgan fingerprint density at radius 3 is 3.05 bits per heavy atom. The van der Waals surface area contributed by atoms with Crippen LogP contribution in [0.5, 0.6) is 5.75 Å². The molecule has 1 aliphatic rings. The fraction of sp³-hybridized carbons (Fsp3) is 0.500. The molecule has 0 bridgehead atoms. The molecule has 1 saturated heterocycles. The summed E-state index contributed by atoms with van der Waals surface area (Å²) in [6.45, 7) is 5.52.